The number of aryl methyl sites for hydroxylation is 2. The Hall–Kier alpha value is -3.12. The molecule has 1 aliphatic carbocycles. The Morgan fingerprint density at radius 2 is 1.58 bits per heavy atom. The Morgan fingerprint density at radius 1 is 1.00 bits per heavy atom. The van der Waals surface area contributed by atoms with Crippen LogP contribution in [0.4, 0.5) is 4.79 Å². The number of alkyl carbamates (subject to hydrolysis) is 1. The average molecular weight is 436 g/mol. The van der Waals surface area contributed by atoms with Crippen molar-refractivity contribution in [2.75, 3.05) is 6.61 Å². The minimum Gasteiger partial charge on any atom is -0.480 e. The third kappa shape index (κ3) is 4.08. The maximum absolute atomic E-state index is 12.5. The largest absolute Gasteiger partial charge is 0.480 e. The normalized spacial score (nSPS) is 13.4. The van der Waals surface area contributed by atoms with Gasteiger partial charge in [-0.2, -0.15) is 0 Å². The first kappa shape index (κ1) is 21.1. The number of fused-ring (bicyclic) bond motifs is 3. The van der Waals surface area contributed by atoms with Crippen LogP contribution in [0, 0.1) is 20.8 Å². The standard InChI is InChI=1S/C25H25NO4S/c1-14-15(2)31-16(3)21(14)12-23(24(27)28)26-25(29)30-13-22-19-10-6-4-8-17(19)18-9-5-7-11-20(18)22/h4-11,22-23H,12-13H2,1-3H3,(H,26,29)(H,27,28). The summed E-state index contributed by atoms with van der Waals surface area (Å²) in [6, 6.07) is 15.2. The Balaban J connectivity index is 1.45. The number of carboxylic acid groups (broad SMARTS) is 1. The molecule has 160 valence electrons. The van der Waals surface area contributed by atoms with Crippen LogP contribution in [-0.2, 0) is 16.0 Å². The zero-order valence-corrected chi connectivity index (χ0v) is 18.6. The van der Waals surface area contributed by atoms with Gasteiger partial charge in [-0.05, 0) is 54.2 Å². The van der Waals surface area contributed by atoms with Crippen molar-refractivity contribution in [2.45, 2.75) is 39.2 Å². The monoisotopic (exact) mass is 435 g/mol. The highest BCUT2D eigenvalue weighted by atomic mass is 32.1. The van der Waals surface area contributed by atoms with E-state index in [-0.39, 0.29) is 18.9 Å². The fourth-order valence-electron chi connectivity index (χ4n) is 4.33. The number of carbonyl (C=O) groups excluding carboxylic acids is 1. The summed E-state index contributed by atoms with van der Waals surface area (Å²) in [4.78, 5) is 26.5. The van der Waals surface area contributed by atoms with E-state index >= 15 is 0 Å². The molecular weight excluding hydrogens is 410 g/mol. The number of carbonyl (C=O) groups is 2. The molecule has 0 saturated carbocycles. The third-order valence-corrected chi connectivity index (χ3v) is 7.22. The van der Waals surface area contributed by atoms with Gasteiger partial charge >= 0.3 is 12.1 Å². The van der Waals surface area contributed by atoms with Gasteiger partial charge in [0.25, 0.3) is 0 Å². The molecule has 5 nitrogen and oxygen atoms in total. The van der Waals surface area contributed by atoms with Crippen LogP contribution in [0.15, 0.2) is 48.5 Å². The van der Waals surface area contributed by atoms with Crippen LogP contribution in [0.5, 0.6) is 0 Å². The summed E-state index contributed by atoms with van der Waals surface area (Å²) in [5, 5.41) is 12.2. The number of ether oxygens (including phenoxy) is 1. The van der Waals surface area contributed by atoms with Crippen molar-refractivity contribution in [3.05, 3.63) is 80.5 Å². The van der Waals surface area contributed by atoms with Crippen LogP contribution in [0.1, 0.15) is 37.9 Å². The van der Waals surface area contributed by atoms with Crippen LogP contribution in [0.3, 0.4) is 0 Å². The summed E-state index contributed by atoms with van der Waals surface area (Å²) in [5.74, 6) is -1.14. The first-order chi connectivity index (χ1) is 14.9. The lowest BCUT2D eigenvalue weighted by atomic mass is 9.98. The van der Waals surface area contributed by atoms with Gasteiger partial charge in [0, 0.05) is 22.1 Å². The van der Waals surface area contributed by atoms with Gasteiger partial charge in [-0.15, -0.1) is 11.3 Å². The molecule has 0 bridgehead atoms. The minimum absolute atomic E-state index is 0.0644. The number of rotatable bonds is 6. The molecule has 31 heavy (non-hydrogen) atoms. The Bertz CT molecular complexity index is 1100. The number of thiophene rings is 1. The van der Waals surface area contributed by atoms with E-state index < -0.39 is 18.1 Å². The molecule has 2 aromatic carbocycles. The first-order valence-corrected chi connectivity index (χ1v) is 11.1. The second-order valence-corrected chi connectivity index (χ2v) is 9.31. The smallest absolute Gasteiger partial charge is 0.407 e. The van der Waals surface area contributed by atoms with Crippen molar-refractivity contribution in [1.82, 2.24) is 5.32 Å². The van der Waals surface area contributed by atoms with E-state index in [1.54, 1.807) is 11.3 Å². The molecule has 1 heterocycles. The minimum atomic E-state index is -1.07. The topological polar surface area (TPSA) is 75.6 Å². The summed E-state index contributed by atoms with van der Waals surface area (Å²) < 4.78 is 5.51. The lowest BCUT2D eigenvalue weighted by Gasteiger charge is -2.18. The van der Waals surface area contributed by atoms with Gasteiger partial charge in [-0.3, -0.25) is 0 Å². The summed E-state index contributed by atoms with van der Waals surface area (Å²) in [5.41, 5.74) is 6.60. The summed E-state index contributed by atoms with van der Waals surface area (Å²) in [6.45, 7) is 6.14. The zero-order chi connectivity index (χ0) is 22.1. The van der Waals surface area contributed by atoms with Crippen molar-refractivity contribution < 1.29 is 19.4 Å². The molecule has 1 aromatic heterocycles. The number of benzene rings is 2. The predicted molar refractivity (Wildman–Crippen MR) is 122 cm³/mol. The maximum atomic E-state index is 12.5. The first-order valence-electron chi connectivity index (χ1n) is 10.3. The molecular formula is C25H25NO4S. The van der Waals surface area contributed by atoms with E-state index in [1.807, 2.05) is 57.2 Å². The van der Waals surface area contributed by atoms with Gasteiger partial charge in [0.1, 0.15) is 12.6 Å². The van der Waals surface area contributed by atoms with Crippen LogP contribution < -0.4 is 5.32 Å². The molecule has 0 fully saturated rings. The molecule has 1 aliphatic rings. The van der Waals surface area contributed by atoms with Crippen LogP contribution >= 0.6 is 11.3 Å². The Labute approximate surface area is 185 Å². The Kier molecular flexibility index (Phi) is 5.83. The number of amides is 1. The molecule has 1 atom stereocenters. The number of carboxylic acids is 1. The highest BCUT2D eigenvalue weighted by Gasteiger charge is 2.30. The van der Waals surface area contributed by atoms with Gasteiger partial charge < -0.3 is 15.2 Å². The van der Waals surface area contributed by atoms with E-state index in [2.05, 4.69) is 17.4 Å². The van der Waals surface area contributed by atoms with Gasteiger partial charge in [-0.25, -0.2) is 9.59 Å². The number of hydrogen-bond acceptors (Lipinski definition) is 4. The number of aliphatic carboxylic acids is 1. The maximum Gasteiger partial charge on any atom is 0.407 e. The molecule has 6 heteroatoms. The third-order valence-electron chi connectivity index (χ3n) is 6.05. The predicted octanol–water partition coefficient (Wildman–Crippen LogP) is 5.21. The van der Waals surface area contributed by atoms with Crippen molar-refractivity contribution in [3.8, 4) is 11.1 Å². The van der Waals surface area contributed by atoms with Gasteiger partial charge in [0.2, 0.25) is 0 Å². The second-order valence-electron chi connectivity index (χ2n) is 7.88. The molecule has 3 aromatic rings. The lowest BCUT2D eigenvalue weighted by molar-refractivity contribution is -0.139. The number of nitrogens with one attached hydrogen (secondary N) is 1. The van der Waals surface area contributed by atoms with Crippen LogP contribution in [0.2, 0.25) is 0 Å². The van der Waals surface area contributed by atoms with Crippen LogP contribution in [0.25, 0.3) is 11.1 Å². The fraction of sp³-hybridized carbons (Fsp3) is 0.280. The van der Waals surface area contributed by atoms with E-state index in [0.29, 0.717) is 0 Å². The SMILES string of the molecule is Cc1sc(C)c(CC(NC(=O)OCC2c3ccccc3-c3ccccc32)C(=O)O)c1C. The second kappa shape index (κ2) is 8.55. The summed E-state index contributed by atoms with van der Waals surface area (Å²) in [7, 11) is 0. The van der Waals surface area contributed by atoms with Gasteiger partial charge in [0.15, 0.2) is 0 Å². The zero-order valence-electron chi connectivity index (χ0n) is 17.8. The molecule has 1 unspecified atom stereocenters. The Morgan fingerprint density at radius 3 is 2.10 bits per heavy atom. The average Bonchev–Trinajstić information content (AvgIpc) is 3.20. The molecule has 1 amide bonds. The fourth-order valence-corrected chi connectivity index (χ4v) is 5.42. The van der Waals surface area contributed by atoms with Crippen molar-refractivity contribution in [3.63, 3.8) is 0 Å². The van der Waals surface area contributed by atoms with Gasteiger partial charge in [-0.1, -0.05) is 48.5 Å². The molecule has 0 radical (unpaired) electrons. The van der Waals surface area contributed by atoms with Crippen molar-refractivity contribution in [1.29, 1.82) is 0 Å². The van der Waals surface area contributed by atoms with Crippen molar-refractivity contribution >= 4 is 23.4 Å². The highest BCUT2D eigenvalue weighted by molar-refractivity contribution is 7.12. The molecule has 4 rings (SSSR count). The summed E-state index contributed by atoms with van der Waals surface area (Å²) >= 11 is 1.65. The van der Waals surface area contributed by atoms with E-state index in [4.69, 9.17) is 4.74 Å². The van der Waals surface area contributed by atoms with Crippen molar-refractivity contribution in [2.24, 2.45) is 0 Å². The molecule has 0 saturated heterocycles. The van der Waals surface area contributed by atoms with E-state index in [1.165, 1.54) is 0 Å². The highest BCUT2D eigenvalue weighted by Crippen LogP contribution is 2.44. The van der Waals surface area contributed by atoms with E-state index in [0.717, 1.165) is 43.1 Å². The molecule has 0 aliphatic heterocycles. The molecule has 0 spiro atoms. The van der Waals surface area contributed by atoms with E-state index in [9.17, 15) is 14.7 Å². The molecule has 2 N–H and O–H groups in total. The van der Waals surface area contributed by atoms with Crippen LogP contribution in [-0.4, -0.2) is 29.8 Å². The number of hydrogen-bond donors (Lipinski definition) is 2. The lowest BCUT2D eigenvalue weighted by Crippen LogP contribution is -2.43. The van der Waals surface area contributed by atoms with Gasteiger partial charge in [0.05, 0.1) is 0 Å². The summed E-state index contributed by atoms with van der Waals surface area (Å²) in [6.07, 6.45) is -0.474. The quantitative estimate of drug-likeness (QED) is 0.557.